The molecule has 4 N–H and O–H groups in total. The van der Waals surface area contributed by atoms with Gasteiger partial charge in [-0.1, -0.05) is 11.6 Å². The quantitative estimate of drug-likeness (QED) is 0.601. The monoisotopic (exact) mass is 298 g/mol. The van der Waals surface area contributed by atoms with Crippen molar-refractivity contribution in [2.75, 3.05) is 10.7 Å². The first-order chi connectivity index (χ1) is 9.51. The highest BCUT2D eigenvalue weighted by molar-refractivity contribution is 6.34. The summed E-state index contributed by atoms with van der Waals surface area (Å²) < 4.78 is 26.4. The van der Waals surface area contributed by atoms with Crippen LogP contribution in [0.4, 0.5) is 20.3 Å². The van der Waals surface area contributed by atoms with Gasteiger partial charge in [-0.25, -0.2) is 19.6 Å². The van der Waals surface area contributed by atoms with Crippen LogP contribution >= 0.6 is 11.6 Å². The van der Waals surface area contributed by atoms with E-state index in [4.69, 9.17) is 17.4 Å². The SMILES string of the molecule is NNc1ccc(C(=O)Nc2c(F)cc(F)cc2Cl)cn1. The Labute approximate surface area is 117 Å². The molecule has 0 spiro atoms. The number of hydrogen-bond acceptors (Lipinski definition) is 4. The molecule has 0 radical (unpaired) electrons. The maximum Gasteiger partial charge on any atom is 0.257 e. The van der Waals surface area contributed by atoms with Crippen LogP contribution in [0, 0.1) is 11.6 Å². The lowest BCUT2D eigenvalue weighted by atomic mass is 10.2. The summed E-state index contributed by atoms with van der Waals surface area (Å²) in [5, 5.41) is 2.02. The number of aromatic nitrogens is 1. The minimum atomic E-state index is -0.962. The predicted molar refractivity (Wildman–Crippen MR) is 71.4 cm³/mol. The summed E-state index contributed by atoms with van der Waals surface area (Å²) in [4.78, 5) is 15.7. The van der Waals surface area contributed by atoms with Crippen LogP contribution in [0.15, 0.2) is 30.5 Å². The zero-order valence-electron chi connectivity index (χ0n) is 9.95. The van der Waals surface area contributed by atoms with Crippen LogP contribution in [0.1, 0.15) is 10.4 Å². The number of nitrogen functional groups attached to an aromatic ring is 1. The molecule has 2 aromatic rings. The fourth-order valence-corrected chi connectivity index (χ4v) is 1.70. The van der Waals surface area contributed by atoms with Gasteiger partial charge in [0.05, 0.1) is 16.3 Å². The lowest BCUT2D eigenvalue weighted by molar-refractivity contribution is 0.102. The van der Waals surface area contributed by atoms with Crippen molar-refractivity contribution >= 4 is 29.0 Å². The number of nitrogens with zero attached hydrogens (tertiary/aromatic N) is 1. The third-order valence-electron chi connectivity index (χ3n) is 2.42. The molecule has 104 valence electrons. The average Bonchev–Trinajstić information content (AvgIpc) is 2.42. The van der Waals surface area contributed by atoms with E-state index in [9.17, 15) is 13.6 Å². The summed E-state index contributed by atoms with van der Waals surface area (Å²) in [6, 6.07) is 4.44. The van der Waals surface area contributed by atoms with Crippen LogP contribution in [-0.2, 0) is 0 Å². The highest BCUT2D eigenvalue weighted by Crippen LogP contribution is 2.26. The highest BCUT2D eigenvalue weighted by Gasteiger charge is 2.14. The van der Waals surface area contributed by atoms with Gasteiger partial charge in [0, 0.05) is 12.3 Å². The van der Waals surface area contributed by atoms with Crippen molar-refractivity contribution in [3.8, 4) is 0 Å². The molecule has 0 aliphatic rings. The normalized spacial score (nSPS) is 10.2. The van der Waals surface area contributed by atoms with Crippen LogP contribution < -0.4 is 16.6 Å². The van der Waals surface area contributed by atoms with Gasteiger partial charge in [0.2, 0.25) is 0 Å². The standard InChI is InChI=1S/C12H9ClF2N4O/c13-8-3-7(14)4-9(15)11(8)18-12(20)6-1-2-10(19-16)17-5-6/h1-5H,16H2,(H,17,19)(H,18,20). The fourth-order valence-electron chi connectivity index (χ4n) is 1.46. The number of rotatable bonds is 3. The maximum atomic E-state index is 13.5. The molecular weight excluding hydrogens is 290 g/mol. The van der Waals surface area contributed by atoms with E-state index in [1.807, 2.05) is 0 Å². The molecule has 1 heterocycles. The molecule has 0 bridgehead atoms. The fraction of sp³-hybridized carbons (Fsp3) is 0. The van der Waals surface area contributed by atoms with Gasteiger partial charge < -0.3 is 10.7 Å². The van der Waals surface area contributed by atoms with E-state index in [2.05, 4.69) is 15.7 Å². The predicted octanol–water partition coefficient (Wildman–Crippen LogP) is 2.55. The van der Waals surface area contributed by atoms with Gasteiger partial charge in [0.25, 0.3) is 5.91 Å². The number of halogens is 3. The summed E-state index contributed by atoms with van der Waals surface area (Å²) in [7, 11) is 0. The Morgan fingerprint density at radius 2 is 2.05 bits per heavy atom. The number of nitrogens with two attached hydrogens (primary N) is 1. The molecule has 8 heteroatoms. The molecular formula is C12H9ClF2N4O. The number of hydrazine groups is 1. The van der Waals surface area contributed by atoms with Crippen LogP contribution in [0.25, 0.3) is 0 Å². The van der Waals surface area contributed by atoms with Gasteiger partial charge in [-0.05, 0) is 18.2 Å². The Kier molecular flexibility index (Phi) is 4.11. The minimum absolute atomic E-state index is 0.170. The summed E-state index contributed by atoms with van der Waals surface area (Å²) in [5.74, 6) is 3.09. The van der Waals surface area contributed by atoms with Crippen molar-refractivity contribution in [2.24, 2.45) is 5.84 Å². The van der Waals surface area contributed by atoms with Crippen molar-refractivity contribution < 1.29 is 13.6 Å². The van der Waals surface area contributed by atoms with Gasteiger partial charge in [-0.15, -0.1) is 0 Å². The van der Waals surface area contributed by atoms with Crippen molar-refractivity contribution in [3.05, 3.63) is 52.7 Å². The lowest BCUT2D eigenvalue weighted by Gasteiger charge is -2.08. The summed E-state index contributed by atoms with van der Waals surface area (Å²) in [6.07, 6.45) is 1.25. The van der Waals surface area contributed by atoms with Crippen LogP contribution in [-0.4, -0.2) is 10.9 Å². The Morgan fingerprint density at radius 3 is 2.60 bits per heavy atom. The van der Waals surface area contributed by atoms with Gasteiger partial charge in [-0.2, -0.15) is 0 Å². The summed E-state index contributed by atoms with van der Waals surface area (Å²) in [6.45, 7) is 0. The van der Waals surface area contributed by atoms with Crippen molar-refractivity contribution in [2.45, 2.75) is 0 Å². The number of anilines is 2. The van der Waals surface area contributed by atoms with E-state index in [0.29, 0.717) is 11.9 Å². The smallest absolute Gasteiger partial charge is 0.257 e. The number of amides is 1. The summed E-state index contributed by atoms with van der Waals surface area (Å²) >= 11 is 5.68. The molecule has 1 aromatic heterocycles. The van der Waals surface area contributed by atoms with Crippen LogP contribution in [0.5, 0.6) is 0 Å². The molecule has 2 rings (SSSR count). The molecule has 1 amide bonds. The molecule has 0 aliphatic carbocycles. The molecule has 0 atom stereocenters. The first-order valence-corrected chi connectivity index (χ1v) is 5.77. The molecule has 0 saturated carbocycles. The molecule has 20 heavy (non-hydrogen) atoms. The first kappa shape index (κ1) is 14.2. The minimum Gasteiger partial charge on any atom is -0.318 e. The maximum absolute atomic E-state index is 13.5. The van der Waals surface area contributed by atoms with E-state index in [1.165, 1.54) is 18.3 Å². The number of carbonyl (C=O) groups excluding carboxylic acids is 1. The Morgan fingerprint density at radius 1 is 1.30 bits per heavy atom. The molecule has 0 fully saturated rings. The summed E-state index contributed by atoms with van der Waals surface area (Å²) in [5.41, 5.74) is 2.18. The number of hydrogen-bond donors (Lipinski definition) is 3. The van der Waals surface area contributed by atoms with Crippen molar-refractivity contribution in [1.82, 2.24) is 4.98 Å². The second kappa shape index (κ2) is 5.81. The number of nitrogens with one attached hydrogen (secondary N) is 2. The van der Waals surface area contributed by atoms with E-state index in [1.54, 1.807) is 0 Å². The number of benzene rings is 1. The Balaban J connectivity index is 2.23. The van der Waals surface area contributed by atoms with E-state index in [0.717, 1.165) is 6.07 Å². The molecule has 0 saturated heterocycles. The largest absolute Gasteiger partial charge is 0.318 e. The van der Waals surface area contributed by atoms with Crippen molar-refractivity contribution in [1.29, 1.82) is 0 Å². The topological polar surface area (TPSA) is 80.0 Å². The molecule has 0 unspecified atom stereocenters. The zero-order chi connectivity index (χ0) is 14.7. The number of pyridine rings is 1. The van der Waals surface area contributed by atoms with E-state index in [-0.39, 0.29) is 16.3 Å². The Hall–Kier alpha value is -2.25. The van der Waals surface area contributed by atoms with Gasteiger partial charge in [-0.3, -0.25) is 4.79 Å². The lowest BCUT2D eigenvalue weighted by Crippen LogP contribution is -2.15. The third kappa shape index (κ3) is 3.01. The average molecular weight is 299 g/mol. The Bertz CT molecular complexity index is 625. The second-order valence-electron chi connectivity index (χ2n) is 3.78. The number of carbonyl (C=O) groups is 1. The highest BCUT2D eigenvalue weighted by atomic mass is 35.5. The second-order valence-corrected chi connectivity index (χ2v) is 4.18. The molecule has 5 nitrogen and oxygen atoms in total. The van der Waals surface area contributed by atoms with Gasteiger partial charge in [0.15, 0.2) is 5.82 Å². The first-order valence-electron chi connectivity index (χ1n) is 5.40. The van der Waals surface area contributed by atoms with Gasteiger partial charge >= 0.3 is 0 Å². The molecule has 0 aliphatic heterocycles. The molecule has 1 aromatic carbocycles. The van der Waals surface area contributed by atoms with Crippen LogP contribution in [0.3, 0.4) is 0 Å². The van der Waals surface area contributed by atoms with E-state index < -0.39 is 17.5 Å². The van der Waals surface area contributed by atoms with Gasteiger partial charge in [0.1, 0.15) is 11.6 Å². The van der Waals surface area contributed by atoms with Crippen LogP contribution in [0.2, 0.25) is 5.02 Å². The zero-order valence-corrected chi connectivity index (χ0v) is 10.7. The van der Waals surface area contributed by atoms with Crippen molar-refractivity contribution in [3.63, 3.8) is 0 Å². The van der Waals surface area contributed by atoms with E-state index >= 15 is 0 Å². The third-order valence-corrected chi connectivity index (χ3v) is 2.72.